The molecular formula is C11H15NO3S. The summed E-state index contributed by atoms with van der Waals surface area (Å²) >= 11 is 0. The summed E-state index contributed by atoms with van der Waals surface area (Å²) in [7, 11) is -3.63. The van der Waals surface area contributed by atoms with Crippen LogP contribution >= 0.6 is 0 Å². The maximum Gasteiger partial charge on any atom is 0.244 e. The van der Waals surface area contributed by atoms with Crippen molar-refractivity contribution in [3.8, 4) is 5.75 Å². The number of phenols is 1. The fraction of sp³-hybridized carbons (Fsp3) is 0.273. The molecule has 1 aromatic rings. The minimum Gasteiger partial charge on any atom is -0.507 e. The second-order valence-corrected chi connectivity index (χ2v) is 5.34. The summed E-state index contributed by atoms with van der Waals surface area (Å²) in [5, 5.41) is 9.42. The molecule has 16 heavy (non-hydrogen) atoms. The highest BCUT2D eigenvalue weighted by molar-refractivity contribution is 7.89. The molecule has 0 saturated heterocycles. The SMILES string of the molecule is CC(C)=CCNS(=O)(=O)c1ccccc1O. The molecule has 0 spiro atoms. The van der Waals surface area contributed by atoms with Gasteiger partial charge in [-0.05, 0) is 26.0 Å². The summed E-state index contributed by atoms with van der Waals surface area (Å²) in [5.41, 5.74) is 1.03. The number of para-hydroxylation sites is 1. The number of sulfonamides is 1. The topological polar surface area (TPSA) is 66.4 Å². The van der Waals surface area contributed by atoms with E-state index in [0.29, 0.717) is 0 Å². The molecule has 0 aliphatic heterocycles. The van der Waals surface area contributed by atoms with Crippen molar-refractivity contribution in [1.82, 2.24) is 4.72 Å². The van der Waals surface area contributed by atoms with Crippen LogP contribution in [0.5, 0.6) is 5.75 Å². The van der Waals surface area contributed by atoms with Crippen LogP contribution < -0.4 is 4.72 Å². The molecule has 0 fully saturated rings. The van der Waals surface area contributed by atoms with Crippen molar-refractivity contribution in [2.45, 2.75) is 18.7 Å². The summed E-state index contributed by atoms with van der Waals surface area (Å²) in [6.07, 6.45) is 1.76. The molecule has 0 aliphatic rings. The molecule has 0 atom stereocenters. The van der Waals surface area contributed by atoms with Gasteiger partial charge in [-0.25, -0.2) is 13.1 Å². The second-order valence-electron chi connectivity index (χ2n) is 3.60. The van der Waals surface area contributed by atoms with Crippen LogP contribution in [0.15, 0.2) is 40.8 Å². The number of allylic oxidation sites excluding steroid dienone is 1. The molecule has 0 saturated carbocycles. The van der Waals surface area contributed by atoms with Crippen LogP contribution in [0.25, 0.3) is 0 Å². The summed E-state index contributed by atoms with van der Waals surface area (Å²) in [6, 6.07) is 5.84. The number of rotatable bonds is 4. The first-order chi connectivity index (χ1) is 7.43. The highest BCUT2D eigenvalue weighted by Gasteiger charge is 2.16. The number of nitrogens with one attached hydrogen (secondary N) is 1. The molecule has 0 unspecified atom stereocenters. The van der Waals surface area contributed by atoms with Gasteiger partial charge in [-0.2, -0.15) is 0 Å². The standard InChI is InChI=1S/C11H15NO3S/c1-9(2)7-8-12-16(14,15)11-6-4-3-5-10(11)13/h3-7,12-13H,8H2,1-2H3. The zero-order chi connectivity index (χ0) is 12.2. The Morgan fingerprint density at radius 2 is 2.00 bits per heavy atom. The maximum absolute atomic E-state index is 11.7. The van der Waals surface area contributed by atoms with Crippen molar-refractivity contribution >= 4 is 10.0 Å². The van der Waals surface area contributed by atoms with Gasteiger partial charge in [-0.15, -0.1) is 0 Å². The zero-order valence-corrected chi connectivity index (χ0v) is 10.1. The molecule has 0 amide bonds. The Balaban J connectivity index is 2.87. The first kappa shape index (κ1) is 12.7. The Morgan fingerprint density at radius 3 is 2.56 bits per heavy atom. The van der Waals surface area contributed by atoms with Crippen LogP contribution in [0.2, 0.25) is 0 Å². The number of phenolic OH excluding ortho intramolecular Hbond substituents is 1. The number of hydrogen-bond acceptors (Lipinski definition) is 3. The maximum atomic E-state index is 11.7. The Kier molecular flexibility index (Phi) is 4.09. The van der Waals surface area contributed by atoms with Crippen molar-refractivity contribution in [2.75, 3.05) is 6.54 Å². The molecule has 0 aliphatic carbocycles. The first-order valence-electron chi connectivity index (χ1n) is 4.84. The van der Waals surface area contributed by atoms with Gasteiger partial charge in [-0.3, -0.25) is 0 Å². The van der Waals surface area contributed by atoms with E-state index in [-0.39, 0.29) is 17.2 Å². The van der Waals surface area contributed by atoms with E-state index in [4.69, 9.17) is 0 Å². The van der Waals surface area contributed by atoms with Crippen molar-refractivity contribution in [3.63, 3.8) is 0 Å². The minimum atomic E-state index is -3.63. The Hall–Kier alpha value is -1.33. The van der Waals surface area contributed by atoms with E-state index in [1.807, 2.05) is 13.8 Å². The van der Waals surface area contributed by atoms with E-state index in [1.54, 1.807) is 18.2 Å². The largest absolute Gasteiger partial charge is 0.507 e. The number of benzene rings is 1. The summed E-state index contributed by atoms with van der Waals surface area (Å²) in [4.78, 5) is -0.0999. The molecule has 0 aromatic heterocycles. The van der Waals surface area contributed by atoms with Gasteiger partial charge in [0, 0.05) is 6.54 Å². The fourth-order valence-electron chi connectivity index (χ4n) is 1.12. The van der Waals surface area contributed by atoms with Gasteiger partial charge in [0.1, 0.15) is 10.6 Å². The van der Waals surface area contributed by atoms with E-state index in [0.717, 1.165) is 5.57 Å². The monoisotopic (exact) mass is 241 g/mol. The van der Waals surface area contributed by atoms with E-state index >= 15 is 0 Å². The summed E-state index contributed by atoms with van der Waals surface area (Å²) in [5.74, 6) is -0.243. The molecule has 1 rings (SSSR count). The van der Waals surface area contributed by atoms with E-state index in [1.165, 1.54) is 12.1 Å². The highest BCUT2D eigenvalue weighted by atomic mass is 32.2. The normalized spacial score (nSPS) is 11.1. The summed E-state index contributed by atoms with van der Waals surface area (Å²) < 4.78 is 25.9. The fourth-order valence-corrected chi connectivity index (χ4v) is 2.18. The predicted octanol–water partition coefficient (Wildman–Crippen LogP) is 1.64. The third-order valence-electron chi connectivity index (χ3n) is 1.94. The lowest BCUT2D eigenvalue weighted by atomic mass is 10.3. The smallest absolute Gasteiger partial charge is 0.244 e. The third-order valence-corrected chi connectivity index (χ3v) is 3.41. The number of aromatic hydroxyl groups is 1. The summed E-state index contributed by atoms with van der Waals surface area (Å²) in [6.45, 7) is 3.99. The van der Waals surface area contributed by atoms with Crippen LogP contribution in [0.4, 0.5) is 0 Å². The Bertz CT molecular complexity index is 488. The van der Waals surface area contributed by atoms with Gasteiger partial charge in [0.05, 0.1) is 0 Å². The van der Waals surface area contributed by atoms with E-state index in [2.05, 4.69) is 4.72 Å². The molecule has 0 bridgehead atoms. The molecule has 88 valence electrons. The molecular weight excluding hydrogens is 226 g/mol. The molecule has 0 radical (unpaired) electrons. The highest BCUT2D eigenvalue weighted by Crippen LogP contribution is 2.20. The van der Waals surface area contributed by atoms with Gasteiger partial charge >= 0.3 is 0 Å². The number of hydrogen-bond donors (Lipinski definition) is 2. The average molecular weight is 241 g/mol. The predicted molar refractivity (Wildman–Crippen MR) is 62.7 cm³/mol. The molecule has 4 nitrogen and oxygen atoms in total. The Morgan fingerprint density at radius 1 is 1.38 bits per heavy atom. The van der Waals surface area contributed by atoms with Crippen molar-refractivity contribution in [1.29, 1.82) is 0 Å². The van der Waals surface area contributed by atoms with Crippen LogP contribution in [0.1, 0.15) is 13.8 Å². The van der Waals surface area contributed by atoms with Gasteiger partial charge in [-0.1, -0.05) is 23.8 Å². The van der Waals surface area contributed by atoms with Crippen molar-refractivity contribution in [2.24, 2.45) is 0 Å². The molecule has 1 aromatic carbocycles. The molecule has 2 N–H and O–H groups in total. The Labute approximate surface area is 95.7 Å². The van der Waals surface area contributed by atoms with Crippen molar-refractivity contribution < 1.29 is 13.5 Å². The lowest BCUT2D eigenvalue weighted by Crippen LogP contribution is -2.23. The van der Waals surface area contributed by atoms with Crippen molar-refractivity contribution in [3.05, 3.63) is 35.9 Å². The van der Waals surface area contributed by atoms with E-state index < -0.39 is 10.0 Å². The van der Waals surface area contributed by atoms with Crippen LogP contribution in [0, 0.1) is 0 Å². The van der Waals surface area contributed by atoms with Crippen LogP contribution in [-0.4, -0.2) is 20.1 Å². The van der Waals surface area contributed by atoms with Gasteiger partial charge in [0.25, 0.3) is 0 Å². The van der Waals surface area contributed by atoms with Gasteiger partial charge in [0.15, 0.2) is 0 Å². The second kappa shape index (κ2) is 5.14. The lowest BCUT2D eigenvalue weighted by Gasteiger charge is -2.06. The van der Waals surface area contributed by atoms with Gasteiger partial charge < -0.3 is 5.11 Å². The average Bonchev–Trinajstić information content (AvgIpc) is 2.17. The first-order valence-corrected chi connectivity index (χ1v) is 6.33. The van der Waals surface area contributed by atoms with Gasteiger partial charge in [0.2, 0.25) is 10.0 Å². The minimum absolute atomic E-state index is 0.0999. The van der Waals surface area contributed by atoms with Crippen LogP contribution in [-0.2, 0) is 10.0 Å². The molecule has 0 heterocycles. The lowest BCUT2D eigenvalue weighted by molar-refractivity contribution is 0.458. The third kappa shape index (κ3) is 3.36. The van der Waals surface area contributed by atoms with E-state index in [9.17, 15) is 13.5 Å². The zero-order valence-electron chi connectivity index (χ0n) is 9.27. The van der Waals surface area contributed by atoms with Crippen LogP contribution in [0.3, 0.4) is 0 Å². The molecule has 5 heteroatoms. The quantitative estimate of drug-likeness (QED) is 0.787.